The predicted molar refractivity (Wildman–Crippen MR) is 149 cm³/mol. The number of carbonyl (C=O) groups is 1. The highest BCUT2D eigenvalue weighted by atomic mass is 79.9. The van der Waals surface area contributed by atoms with Crippen molar-refractivity contribution >= 4 is 60.7 Å². The summed E-state index contributed by atoms with van der Waals surface area (Å²) in [6.45, 7) is 4.82. The molecule has 10 nitrogen and oxygen atoms in total. The molecule has 0 radical (unpaired) electrons. The minimum atomic E-state index is -3.94. The first-order valence-corrected chi connectivity index (χ1v) is 13.8. The third kappa shape index (κ3) is 8.10. The van der Waals surface area contributed by atoms with Gasteiger partial charge in [0.05, 0.1) is 23.1 Å². The molecule has 0 saturated carbocycles. The highest BCUT2D eigenvalue weighted by Gasteiger charge is 2.18. The van der Waals surface area contributed by atoms with E-state index in [0.29, 0.717) is 34.0 Å². The number of benzene rings is 2. The molecule has 1 aromatic heterocycles. The third-order valence-corrected chi connectivity index (χ3v) is 7.06. The van der Waals surface area contributed by atoms with E-state index in [-0.39, 0.29) is 21.7 Å². The number of ether oxygens (including phenoxy) is 2. The second kappa shape index (κ2) is 12.8. The number of hydrogen-bond acceptors (Lipinski definition) is 8. The standard InChI is InChI=1S/C24H26BrN5O5S2/c1-15(2)10-13-35-20-9-4-16(14-19(20)25)22(31)29-24(36)28-17-5-7-18(8-6-17)37(32,33)30-21-23(34-3)27-12-11-26-21/h4-9,11-12,14-15H,10,13H2,1-3H3,(H,26,30)(H2,28,29,31,36). The SMILES string of the molecule is COc1nccnc1NS(=O)(=O)c1ccc(NC(=S)NC(=O)c2ccc(OCCC(C)C)c(Br)c2)cc1. The quantitative estimate of drug-likeness (QED) is 0.283. The van der Waals surface area contributed by atoms with Crippen LogP contribution in [0.5, 0.6) is 11.6 Å². The van der Waals surface area contributed by atoms with Gasteiger partial charge in [0, 0.05) is 23.6 Å². The smallest absolute Gasteiger partial charge is 0.263 e. The Hall–Kier alpha value is -3.29. The molecular weight excluding hydrogens is 582 g/mol. The van der Waals surface area contributed by atoms with Gasteiger partial charge in [-0.15, -0.1) is 0 Å². The summed E-state index contributed by atoms with van der Waals surface area (Å²) in [5.41, 5.74) is 0.871. The fourth-order valence-electron chi connectivity index (χ4n) is 2.95. The van der Waals surface area contributed by atoms with E-state index >= 15 is 0 Å². The van der Waals surface area contributed by atoms with Crippen LogP contribution in [0.15, 0.2) is 64.2 Å². The van der Waals surface area contributed by atoms with Gasteiger partial charge in [-0.1, -0.05) is 13.8 Å². The number of carbonyl (C=O) groups excluding carboxylic acids is 1. The Morgan fingerprint density at radius 1 is 1.11 bits per heavy atom. The lowest BCUT2D eigenvalue weighted by atomic mass is 10.1. The van der Waals surface area contributed by atoms with Crippen molar-refractivity contribution in [2.24, 2.45) is 5.92 Å². The number of thiocarbonyl (C=S) groups is 1. The molecule has 0 unspecified atom stereocenters. The molecular formula is C24H26BrN5O5S2. The van der Waals surface area contributed by atoms with Gasteiger partial charge in [0.1, 0.15) is 5.75 Å². The second-order valence-electron chi connectivity index (χ2n) is 8.13. The number of halogens is 1. The van der Waals surface area contributed by atoms with Crippen LogP contribution in [0.4, 0.5) is 11.5 Å². The summed E-state index contributed by atoms with van der Waals surface area (Å²) in [6, 6.07) is 10.8. The van der Waals surface area contributed by atoms with Crippen molar-refractivity contribution in [2.45, 2.75) is 25.2 Å². The number of rotatable bonds is 10. The molecule has 13 heteroatoms. The molecule has 37 heavy (non-hydrogen) atoms. The van der Waals surface area contributed by atoms with Crippen LogP contribution in [0.3, 0.4) is 0 Å². The van der Waals surface area contributed by atoms with E-state index in [4.69, 9.17) is 21.7 Å². The van der Waals surface area contributed by atoms with E-state index < -0.39 is 15.9 Å². The zero-order valence-corrected chi connectivity index (χ0v) is 23.5. The van der Waals surface area contributed by atoms with E-state index in [1.54, 1.807) is 18.2 Å². The van der Waals surface area contributed by atoms with E-state index in [0.717, 1.165) is 6.42 Å². The van der Waals surface area contributed by atoms with Crippen LogP contribution < -0.4 is 24.8 Å². The summed E-state index contributed by atoms with van der Waals surface area (Å²) < 4.78 is 39.2. The molecule has 1 amide bonds. The first kappa shape index (κ1) is 28.3. The summed E-state index contributed by atoms with van der Waals surface area (Å²) in [6.07, 6.45) is 3.65. The number of nitrogens with zero attached hydrogens (tertiary/aromatic N) is 2. The molecule has 1 heterocycles. The maximum absolute atomic E-state index is 12.7. The van der Waals surface area contributed by atoms with Gasteiger partial charge in [0.2, 0.25) is 5.82 Å². The number of nitrogens with one attached hydrogen (secondary N) is 3. The van der Waals surface area contributed by atoms with Crippen LogP contribution in [0.1, 0.15) is 30.6 Å². The fraction of sp³-hybridized carbons (Fsp3) is 0.250. The van der Waals surface area contributed by atoms with Crippen LogP contribution >= 0.6 is 28.1 Å². The van der Waals surface area contributed by atoms with Crippen molar-refractivity contribution in [1.29, 1.82) is 0 Å². The molecule has 0 saturated heterocycles. The zero-order chi connectivity index (χ0) is 27.0. The monoisotopic (exact) mass is 607 g/mol. The maximum atomic E-state index is 12.7. The third-order valence-electron chi connectivity index (χ3n) is 4.89. The number of methoxy groups -OCH3 is 1. The Labute approximate surface area is 229 Å². The average molecular weight is 609 g/mol. The lowest BCUT2D eigenvalue weighted by Gasteiger charge is -2.13. The number of aromatic nitrogens is 2. The molecule has 0 bridgehead atoms. The lowest BCUT2D eigenvalue weighted by molar-refractivity contribution is 0.0977. The fourth-order valence-corrected chi connectivity index (χ4v) is 4.66. The maximum Gasteiger partial charge on any atom is 0.263 e. The Morgan fingerprint density at radius 3 is 2.46 bits per heavy atom. The minimum Gasteiger partial charge on any atom is -0.492 e. The molecule has 0 spiro atoms. The van der Waals surface area contributed by atoms with Gasteiger partial charge in [0.15, 0.2) is 5.11 Å². The average Bonchev–Trinajstić information content (AvgIpc) is 2.85. The summed E-state index contributed by atoms with van der Waals surface area (Å²) in [7, 11) is -2.58. The first-order valence-electron chi connectivity index (χ1n) is 11.1. The van der Waals surface area contributed by atoms with Crippen molar-refractivity contribution < 1.29 is 22.7 Å². The van der Waals surface area contributed by atoms with Gasteiger partial charge < -0.3 is 14.8 Å². The van der Waals surface area contributed by atoms with Crippen LogP contribution in [-0.4, -0.2) is 43.1 Å². The van der Waals surface area contributed by atoms with Gasteiger partial charge in [-0.05, 0) is 83.0 Å². The number of hydrogen-bond donors (Lipinski definition) is 3. The summed E-state index contributed by atoms with van der Waals surface area (Å²) in [5.74, 6) is 0.792. The highest BCUT2D eigenvalue weighted by molar-refractivity contribution is 9.10. The van der Waals surface area contributed by atoms with E-state index in [9.17, 15) is 13.2 Å². The molecule has 3 aromatic rings. The Balaban J connectivity index is 1.58. The number of sulfonamides is 1. The van der Waals surface area contributed by atoms with Crippen molar-refractivity contribution in [3.8, 4) is 11.6 Å². The summed E-state index contributed by atoms with van der Waals surface area (Å²) >= 11 is 8.67. The van der Waals surface area contributed by atoms with Crippen LogP contribution in [0.25, 0.3) is 0 Å². The van der Waals surface area contributed by atoms with Crippen molar-refractivity contribution in [2.75, 3.05) is 23.8 Å². The predicted octanol–water partition coefficient (Wildman–Crippen LogP) is 4.60. The van der Waals surface area contributed by atoms with E-state index in [1.165, 1.54) is 43.8 Å². The van der Waals surface area contributed by atoms with Crippen LogP contribution in [0.2, 0.25) is 0 Å². The Morgan fingerprint density at radius 2 is 1.81 bits per heavy atom. The van der Waals surface area contributed by atoms with Gasteiger partial charge in [-0.3, -0.25) is 14.8 Å². The van der Waals surface area contributed by atoms with E-state index in [1.807, 2.05) is 0 Å². The molecule has 196 valence electrons. The van der Waals surface area contributed by atoms with E-state index in [2.05, 4.69) is 55.1 Å². The lowest BCUT2D eigenvalue weighted by Crippen LogP contribution is -2.34. The van der Waals surface area contributed by atoms with Gasteiger partial charge in [-0.2, -0.15) is 0 Å². The molecule has 0 fully saturated rings. The summed E-state index contributed by atoms with van der Waals surface area (Å²) in [4.78, 5) is 20.5. The molecule has 2 aromatic carbocycles. The Bertz CT molecular complexity index is 1370. The minimum absolute atomic E-state index is 0.0127. The topological polar surface area (TPSA) is 132 Å². The molecule has 0 aliphatic carbocycles. The highest BCUT2D eigenvalue weighted by Crippen LogP contribution is 2.26. The number of anilines is 2. The molecule has 0 aliphatic rings. The number of amides is 1. The summed E-state index contributed by atoms with van der Waals surface area (Å²) in [5, 5.41) is 5.51. The van der Waals surface area contributed by atoms with Crippen molar-refractivity contribution in [3.05, 3.63) is 64.9 Å². The van der Waals surface area contributed by atoms with Gasteiger partial charge >= 0.3 is 0 Å². The second-order valence-corrected chi connectivity index (χ2v) is 11.1. The molecule has 3 rings (SSSR count). The first-order chi connectivity index (χ1) is 17.6. The molecule has 0 atom stereocenters. The Kier molecular flexibility index (Phi) is 9.78. The largest absolute Gasteiger partial charge is 0.492 e. The molecule has 0 aliphatic heterocycles. The van der Waals surface area contributed by atoms with Crippen molar-refractivity contribution in [3.63, 3.8) is 0 Å². The van der Waals surface area contributed by atoms with Crippen LogP contribution in [-0.2, 0) is 10.0 Å². The normalized spacial score (nSPS) is 11.1. The molecule has 3 N–H and O–H groups in total. The van der Waals surface area contributed by atoms with Gasteiger partial charge in [0.25, 0.3) is 21.8 Å². The van der Waals surface area contributed by atoms with Gasteiger partial charge in [-0.25, -0.2) is 18.4 Å². The zero-order valence-electron chi connectivity index (χ0n) is 20.3. The van der Waals surface area contributed by atoms with Crippen LogP contribution in [0, 0.1) is 5.92 Å². The van der Waals surface area contributed by atoms with Crippen molar-refractivity contribution in [1.82, 2.24) is 15.3 Å².